The molecule has 1 heterocycles. The van der Waals surface area contributed by atoms with E-state index in [0.717, 1.165) is 18.8 Å². The number of fused-ring (bicyclic) bond motifs is 1. The Balaban J connectivity index is 2.19. The van der Waals surface area contributed by atoms with Crippen molar-refractivity contribution in [1.82, 2.24) is 0 Å². The first kappa shape index (κ1) is 12.4. The molecule has 1 fully saturated rings. The Hall–Kier alpha value is -1.05. The highest BCUT2D eigenvalue weighted by Gasteiger charge is 2.37. The van der Waals surface area contributed by atoms with Crippen LogP contribution in [0.25, 0.3) is 0 Å². The molecule has 3 atom stereocenters. The summed E-state index contributed by atoms with van der Waals surface area (Å²) in [5.41, 5.74) is 2.02. The molecule has 17 heavy (non-hydrogen) atoms. The van der Waals surface area contributed by atoms with Crippen LogP contribution in [0.15, 0.2) is 23.8 Å². The van der Waals surface area contributed by atoms with Crippen LogP contribution in [0.5, 0.6) is 0 Å². The first-order chi connectivity index (χ1) is 8.08. The van der Waals surface area contributed by atoms with E-state index in [1.807, 2.05) is 0 Å². The predicted molar refractivity (Wildman–Crippen MR) is 68.5 cm³/mol. The Labute approximate surface area is 104 Å². The number of carbonyl (C=O) groups is 1. The molecule has 0 spiro atoms. The van der Waals surface area contributed by atoms with E-state index in [1.165, 1.54) is 24.8 Å². The summed E-state index contributed by atoms with van der Waals surface area (Å²) in [5, 5.41) is 0. The van der Waals surface area contributed by atoms with E-state index < -0.39 is 0 Å². The molecule has 1 aliphatic carbocycles. The molecule has 2 rings (SSSR count). The minimum Gasteiger partial charge on any atom is -0.454 e. The zero-order chi connectivity index (χ0) is 12.4. The molecule has 2 aliphatic rings. The van der Waals surface area contributed by atoms with Crippen LogP contribution in [0.2, 0.25) is 0 Å². The lowest BCUT2D eigenvalue weighted by atomic mass is 9.85. The van der Waals surface area contributed by atoms with Gasteiger partial charge in [0.25, 0.3) is 0 Å². The fourth-order valence-electron chi connectivity index (χ4n) is 2.82. The number of ether oxygens (including phenoxy) is 1. The summed E-state index contributed by atoms with van der Waals surface area (Å²) in [6.07, 6.45) is 7.93. The third kappa shape index (κ3) is 2.80. The summed E-state index contributed by atoms with van der Waals surface area (Å²) in [5.74, 6) is 0.749. The number of hydrogen-bond donors (Lipinski definition) is 0. The van der Waals surface area contributed by atoms with Crippen molar-refractivity contribution in [2.75, 3.05) is 0 Å². The van der Waals surface area contributed by atoms with E-state index in [0.29, 0.717) is 5.57 Å². The zero-order valence-electron chi connectivity index (χ0n) is 10.9. The molecular weight excluding hydrogens is 212 g/mol. The standard InChI is InChI=1S/C15H22O2/c1-10-5-4-6-11(2)9-14-13(8-7-10)12(3)15(16)17-14/h9-10,13-14H,3-8H2,1-2H3/b11-9+/t10-,13+,14+/m0/s1. The van der Waals surface area contributed by atoms with Gasteiger partial charge in [-0.25, -0.2) is 4.79 Å². The van der Waals surface area contributed by atoms with Crippen molar-refractivity contribution in [2.45, 2.75) is 52.1 Å². The van der Waals surface area contributed by atoms with Gasteiger partial charge in [0.15, 0.2) is 0 Å². The maximum absolute atomic E-state index is 11.6. The second-order valence-electron chi connectivity index (χ2n) is 5.59. The van der Waals surface area contributed by atoms with Crippen LogP contribution < -0.4 is 0 Å². The van der Waals surface area contributed by atoms with Gasteiger partial charge in [-0.15, -0.1) is 0 Å². The molecule has 0 unspecified atom stereocenters. The van der Waals surface area contributed by atoms with Gasteiger partial charge < -0.3 is 4.74 Å². The molecule has 0 radical (unpaired) electrons. The van der Waals surface area contributed by atoms with Gasteiger partial charge in [-0.1, -0.05) is 25.5 Å². The van der Waals surface area contributed by atoms with Crippen LogP contribution in [0.3, 0.4) is 0 Å². The van der Waals surface area contributed by atoms with E-state index in [2.05, 4.69) is 26.5 Å². The first-order valence-electron chi connectivity index (χ1n) is 6.65. The molecule has 0 saturated carbocycles. The Kier molecular flexibility index (Phi) is 3.70. The summed E-state index contributed by atoms with van der Waals surface area (Å²) < 4.78 is 5.40. The average Bonchev–Trinajstić information content (AvgIpc) is 2.52. The third-order valence-electron chi connectivity index (χ3n) is 4.04. The molecule has 94 valence electrons. The molecule has 1 aliphatic heterocycles. The van der Waals surface area contributed by atoms with E-state index in [1.54, 1.807) is 0 Å². The van der Waals surface area contributed by atoms with Crippen molar-refractivity contribution >= 4 is 5.97 Å². The van der Waals surface area contributed by atoms with Crippen molar-refractivity contribution < 1.29 is 9.53 Å². The highest BCUT2D eigenvalue weighted by atomic mass is 16.5. The number of carbonyl (C=O) groups excluding carboxylic acids is 1. The summed E-state index contributed by atoms with van der Waals surface area (Å²) in [6, 6.07) is 0. The molecule has 0 aromatic heterocycles. The maximum Gasteiger partial charge on any atom is 0.334 e. The van der Waals surface area contributed by atoms with E-state index in [4.69, 9.17) is 4.74 Å². The minimum atomic E-state index is -0.198. The SMILES string of the molecule is C=C1C(=O)O[C@@H]2/C=C(\C)CCC[C@H](C)CC[C@H]12. The maximum atomic E-state index is 11.6. The second kappa shape index (κ2) is 5.07. The monoisotopic (exact) mass is 234 g/mol. The van der Waals surface area contributed by atoms with Crippen LogP contribution in [0.1, 0.15) is 46.0 Å². The molecule has 1 saturated heterocycles. The molecule has 0 amide bonds. The average molecular weight is 234 g/mol. The predicted octanol–water partition coefficient (Wildman–Crippen LogP) is 3.63. The van der Waals surface area contributed by atoms with E-state index in [-0.39, 0.29) is 18.0 Å². The fraction of sp³-hybridized carbons (Fsp3) is 0.667. The lowest BCUT2D eigenvalue weighted by Crippen LogP contribution is -2.16. The van der Waals surface area contributed by atoms with E-state index >= 15 is 0 Å². The van der Waals surface area contributed by atoms with Gasteiger partial charge in [0.05, 0.1) is 0 Å². The van der Waals surface area contributed by atoms with E-state index in [9.17, 15) is 4.79 Å². The van der Waals surface area contributed by atoms with Gasteiger partial charge in [0, 0.05) is 11.5 Å². The Bertz CT molecular complexity index is 354. The Morgan fingerprint density at radius 1 is 1.35 bits per heavy atom. The van der Waals surface area contributed by atoms with Gasteiger partial charge in [-0.2, -0.15) is 0 Å². The number of allylic oxidation sites excluding steroid dienone is 1. The summed E-state index contributed by atoms with van der Waals surface area (Å²) in [6.45, 7) is 8.33. The Morgan fingerprint density at radius 3 is 2.88 bits per heavy atom. The lowest BCUT2D eigenvalue weighted by Gasteiger charge is -2.20. The lowest BCUT2D eigenvalue weighted by molar-refractivity contribution is -0.137. The van der Waals surface area contributed by atoms with Gasteiger partial charge >= 0.3 is 5.97 Å². The topological polar surface area (TPSA) is 26.3 Å². The van der Waals surface area contributed by atoms with Crippen LogP contribution in [0, 0.1) is 11.8 Å². The largest absolute Gasteiger partial charge is 0.454 e. The molecular formula is C15H22O2. The minimum absolute atomic E-state index is 0.0553. The molecule has 0 aromatic carbocycles. The van der Waals surface area contributed by atoms with Gasteiger partial charge in [0.2, 0.25) is 0 Å². The van der Waals surface area contributed by atoms with Gasteiger partial charge in [0.1, 0.15) is 6.10 Å². The number of rotatable bonds is 0. The number of esters is 1. The van der Waals surface area contributed by atoms with Crippen LogP contribution in [0.4, 0.5) is 0 Å². The van der Waals surface area contributed by atoms with Crippen LogP contribution in [-0.4, -0.2) is 12.1 Å². The highest BCUT2D eigenvalue weighted by molar-refractivity contribution is 5.91. The summed E-state index contributed by atoms with van der Waals surface area (Å²) in [4.78, 5) is 11.6. The highest BCUT2D eigenvalue weighted by Crippen LogP contribution is 2.34. The van der Waals surface area contributed by atoms with Crippen molar-refractivity contribution in [2.24, 2.45) is 11.8 Å². The molecule has 0 bridgehead atoms. The molecule has 0 N–H and O–H groups in total. The zero-order valence-corrected chi connectivity index (χ0v) is 10.9. The van der Waals surface area contributed by atoms with Crippen LogP contribution in [-0.2, 0) is 9.53 Å². The number of hydrogen-bond acceptors (Lipinski definition) is 2. The molecule has 2 nitrogen and oxygen atoms in total. The quantitative estimate of drug-likeness (QED) is 0.363. The normalized spacial score (nSPS) is 38.0. The van der Waals surface area contributed by atoms with Crippen molar-refractivity contribution in [3.63, 3.8) is 0 Å². The van der Waals surface area contributed by atoms with Crippen LogP contribution >= 0.6 is 0 Å². The van der Waals surface area contributed by atoms with Gasteiger partial charge in [-0.3, -0.25) is 0 Å². The van der Waals surface area contributed by atoms with Crippen molar-refractivity contribution in [3.05, 3.63) is 23.8 Å². The third-order valence-corrected chi connectivity index (χ3v) is 4.04. The van der Waals surface area contributed by atoms with Gasteiger partial charge in [-0.05, 0) is 44.6 Å². The Morgan fingerprint density at radius 2 is 2.12 bits per heavy atom. The van der Waals surface area contributed by atoms with Crippen molar-refractivity contribution in [3.8, 4) is 0 Å². The fourth-order valence-corrected chi connectivity index (χ4v) is 2.82. The molecule has 0 aromatic rings. The van der Waals surface area contributed by atoms with Crippen molar-refractivity contribution in [1.29, 1.82) is 0 Å². The first-order valence-corrected chi connectivity index (χ1v) is 6.65. The summed E-state index contributed by atoms with van der Waals surface area (Å²) in [7, 11) is 0. The summed E-state index contributed by atoms with van der Waals surface area (Å²) >= 11 is 0. The second-order valence-corrected chi connectivity index (χ2v) is 5.59. The smallest absolute Gasteiger partial charge is 0.334 e. The molecule has 2 heteroatoms.